The number of nitrogen functional groups attached to an aromatic ring is 1. The third-order valence-corrected chi connectivity index (χ3v) is 6.54. The van der Waals surface area contributed by atoms with Crippen molar-refractivity contribution in [2.75, 3.05) is 5.73 Å². The second kappa shape index (κ2) is 11.2. The Morgan fingerprint density at radius 2 is 1.51 bits per heavy atom. The monoisotopic (exact) mass is 593 g/mol. The molecule has 206 valence electrons. The van der Waals surface area contributed by atoms with Crippen LogP contribution in [0.5, 0.6) is 11.6 Å². The van der Waals surface area contributed by atoms with E-state index in [1.54, 1.807) is 33.7 Å². The van der Waals surface area contributed by atoms with Gasteiger partial charge in [0.2, 0.25) is 12.4 Å². The standard InChI is InChI=1S/C30H35N5O3.BrH/c1-29(2,3)22-15-19(16-23(27(22)37)30(4,5)6)17-35-24-10-8-7-9-21(24)26(28(35)38)33-32-25(36)18-34-13-11-20(31)12-14-34;/h7-16,31H,17-18H2,1-6H3,(H2,32,36,37,38);1H. The number of hydrogen-bond donors (Lipinski definition) is 3. The van der Waals surface area contributed by atoms with Crippen LogP contribution in [-0.2, 0) is 28.7 Å². The Labute approximate surface area is 239 Å². The van der Waals surface area contributed by atoms with Gasteiger partial charge in [0.1, 0.15) is 5.75 Å². The summed E-state index contributed by atoms with van der Waals surface area (Å²) >= 11 is 0. The number of anilines is 1. The minimum atomic E-state index is -0.459. The number of halogens is 1. The third-order valence-electron chi connectivity index (χ3n) is 6.54. The number of pyridine rings is 1. The first-order valence-corrected chi connectivity index (χ1v) is 12.6. The fourth-order valence-electron chi connectivity index (χ4n) is 4.51. The van der Waals surface area contributed by atoms with E-state index in [2.05, 4.69) is 51.8 Å². The van der Waals surface area contributed by atoms with Gasteiger partial charge >= 0.3 is 5.91 Å². The van der Waals surface area contributed by atoms with Crippen LogP contribution in [0.1, 0.15) is 58.2 Å². The molecule has 0 aliphatic heterocycles. The third kappa shape index (κ3) is 6.47. The van der Waals surface area contributed by atoms with Crippen molar-refractivity contribution in [1.82, 2.24) is 4.57 Å². The number of aromatic nitrogens is 2. The number of azo groups is 1. The van der Waals surface area contributed by atoms with Crippen LogP contribution in [0.15, 0.2) is 71.2 Å². The summed E-state index contributed by atoms with van der Waals surface area (Å²) in [5.74, 6) is -0.230. The zero-order valence-electron chi connectivity index (χ0n) is 23.2. The smallest absolute Gasteiger partial charge is 0.329 e. The maximum atomic E-state index is 12.5. The molecule has 0 bridgehead atoms. The molecule has 0 fully saturated rings. The molecule has 2 aromatic heterocycles. The van der Waals surface area contributed by atoms with Gasteiger partial charge in [-0.3, -0.25) is 4.79 Å². The average Bonchev–Trinajstić information content (AvgIpc) is 3.09. The summed E-state index contributed by atoms with van der Waals surface area (Å²) in [6.07, 6.45) is 3.39. The molecule has 0 atom stereocenters. The van der Waals surface area contributed by atoms with E-state index in [9.17, 15) is 15.0 Å². The normalized spacial score (nSPS) is 12.2. The van der Waals surface area contributed by atoms with E-state index >= 15 is 0 Å². The van der Waals surface area contributed by atoms with Gasteiger partial charge in [-0.05, 0) is 45.7 Å². The molecule has 0 radical (unpaired) electrons. The minimum Gasteiger partial charge on any atom is -1.00 e. The van der Waals surface area contributed by atoms with Crippen molar-refractivity contribution in [1.29, 1.82) is 0 Å². The van der Waals surface area contributed by atoms with E-state index in [1.807, 2.05) is 36.4 Å². The number of hydrogen-bond acceptors (Lipinski definition) is 5. The highest BCUT2D eigenvalue weighted by atomic mass is 79.9. The molecule has 0 saturated carbocycles. The fraction of sp³-hybridized carbons (Fsp3) is 0.333. The molecular weight excluding hydrogens is 558 g/mol. The van der Waals surface area contributed by atoms with Crippen LogP contribution in [-0.4, -0.2) is 20.7 Å². The van der Waals surface area contributed by atoms with Gasteiger partial charge in [0.25, 0.3) is 0 Å². The number of phenolic OH excluding ortho intramolecular Hbond substituents is 1. The van der Waals surface area contributed by atoms with E-state index in [0.717, 1.165) is 22.2 Å². The number of nitrogens with zero attached hydrogens (tertiary/aromatic N) is 4. The van der Waals surface area contributed by atoms with E-state index in [4.69, 9.17) is 5.73 Å². The molecule has 39 heavy (non-hydrogen) atoms. The fourth-order valence-corrected chi connectivity index (χ4v) is 4.51. The SMILES string of the molecule is CC(C)(C)c1cc(Cn2c(O)c(N=NC(=O)C[n+]3ccc(N)cc3)c3ccccc32)cc(C(C)(C)C)c1O.[Br-]. The van der Waals surface area contributed by atoms with Crippen LogP contribution in [0.4, 0.5) is 11.4 Å². The summed E-state index contributed by atoms with van der Waals surface area (Å²) in [5.41, 5.74) is 9.39. The predicted molar refractivity (Wildman–Crippen MR) is 149 cm³/mol. The van der Waals surface area contributed by atoms with E-state index in [1.165, 1.54) is 0 Å². The lowest BCUT2D eigenvalue weighted by Gasteiger charge is -2.28. The number of fused-ring (bicyclic) bond motifs is 1. The van der Waals surface area contributed by atoms with Gasteiger partial charge in [0.05, 0.1) is 12.1 Å². The van der Waals surface area contributed by atoms with Crippen molar-refractivity contribution in [2.45, 2.75) is 65.5 Å². The number of phenols is 1. The zero-order chi connectivity index (χ0) is 27.8. The molecule has 4 N–H and O–H groups in total. The Morgan fingerprint density at radius 3 is 2.08 bits per heavy atom. The molecule has 4 rings (SSSR count). The minimum absolute atomic E-state index is 0. The van der Waals surface area contributed by atoms with Crippen LogP contribution >= 0.6 is 0 Å². The van der Waals surface area contributed by atoms with E-state index < -0.39 is 5.91 Å². The number of amides is 1. The lowest BCUT2D eigenvalue weighted by atomic mass is 9.78. The second-order valence-electron chi connectivity index (χ2n) is 11.7. The number of carbonyl (C=O) groups excluding carboxylic acids is 1. The zero-order valence-corrected chi connectivity index (χ0v) is 24.8. The highest BCUT2D eigenvalue weighted by Crippen LogP contribution is 2.42. The summed E-state index contributed by atoms with van der Waals surface area (Å²) in [4.78, 5) is 12.5. The first kappa shape index (κ1) is 29.8. The van der Waals surface area contributed by atoms with Crippen molar-refractivity contribution < 1.29 is 36.6 Å². The molecule has 4 aromatic rings. The molecule has 2 heterocycles. The van der Waals surface area contributed by atoms with Crippen LogP contribution in [0.3, 0.4) is 0 Å². The van der Waals surface area contributed by atoms with Gasteiger partial charge in [-0.15, -0.1) is 10.2 Å². The molecule has 9 heteroatoms. The lowest BCUT2D eigenvalue weighted by molar-refractivity contribution is -0.684. The maximum absolute atomic E-state index is 12.5. The summed E-state index contributed by atoms with van der Waals surface area (Å²) in [5, 5.41) is 31.1. The number of para-hydroxylation sites is 1. The Bertz CT molecular complexity index is 1490. The number of rotatable bonds is 5. The first-order chi connectivity index (χ1) is 17.8. The quantitative estimate of drug-likeness (QED) is 0.243. The van der Waals surface area contributed by atoms with Crippen LogP contribution in [0.2, 0.25) is 0 Å². The Balaban J connectivity index is 0.00000420. The van der Waals surface area contributed by atoms with E-state index in [-0.39, 0.29) is 45.9 Å². The highest BCUT2D eigenvalue weighted by molar-refractivity contribution is 5.95. The van der Waals surface area contributed by atoms with Gasteiger partial charge in [-0.2, -0.15) is 4.57 Å². The maximum Gasteiger partial charge on any atom is 0.329 e. The van der Waals surface area contributed by atoms with Crippen molar-refractivity contribution in [3.8, 4) is 11.6 Å². The van der Waals surface area contributed by atoms with Gasteiger partial charge < -0.3 is 37.5 Å². The van der Waals surface area contributed by atoms with Gasteiger partial charge in [0, 0.05) is 23.2 Å². The predicted octanol–water partition coefficient (Wildman–Crippen LogP) is 2.88. The summed E-state index contributed by atoms with van der Waals surface area (Å²) in [6.45, 7) is 12.8. The van der Waals surface area contributed by atoms with Crippen LogP contribution in [0, 0.1) is 0 Å². The summed E-state index contributed by atoms with van der Waals surface area (Å²) in [6, 6.07) is 14.9. The molecule has 0 spiro atoms. The number of benzene rings is 2. The summed E-state index contributed by atoms with van der Waals surface area (Å²) in [7, 11) is 0. The Morgan fingerprint density at radius 1 is 0.949 bits per heavy atom. The Hall–Kier alpha value is -3.72. The highest BCUT2D eigenvalue weighted by Gasteiger charge is 2.27. The molecule has 0 unspecified atom stereocenters. The topological polar surface area (TPSA) is 117 Å². The number of carbonyl (C=O) groups is 1. The number of nitrogens with two attached hydrogens (primary N) is 1. The second-order valence-corrected chi connectivity index (χ2v) is 11.7. The largest absolute Gasteiger partial charge is 1.00 e. The van der Waals surface area contributed by atoms with Crippen molar-refractivity contribution >= 4 is 28.2 Å². The van der Waals surface area contributed by atoms with Crippen molar-refractivity contribution in [3.63, 3.8) is 0 Å². The molecule has 0 saturated heterocycles. The van der Waals surface area contributed by atoms with Crippen molar-refractivity contribution in [2.24, 2.45) is 10.2 Å². The Kier molecular flexibility index (Phi) is 8.55. The molecule has 1 amide bonds. The lowest BCUT2D eigenvalue weighted by Crippen LogP contribution is -3.00. The molecule has 2 aromatic carbocycles. The van der Waals surface area contributed by atoms with Gasteiger partial charge in [0.15, 0.2) is 18.1 Å². The molecule has 0 aliphatic rings. The molecular formula is C30H36BrN5O3. The summed E-state index contributed by atoms with van der Waals surface area (Å²) < 4.78 is 3.42. The van der Waals surface area contributed by atoms with Gasteiger partial charge in [-0.25, -0.2) is 0 Å². The van der Waals surface area contributed by atoms with Gasteiger partial charge in [-0.1, -0.05) is 59.7 Å². The number of aromatic hydroxyl groups is 2. The average molecular weight is 595 g/mol. The van der Waals surface area contributed by atoms with Crippen LogP contribution < -0.4 is 27.3 Å². The van der Waals surface area contributed by atoms with Crippen molar-refractivity contribution in [3.05, 3.63) is 77.6 Å². The van der Waals surface area contributed by atoms with Crippen LogP contribution in [0.25, 0.3) is 10.9 Å². The van der Waals surface area contributed by atoms with E-state index in [0.29, 0.717) is 23.4 Å². The first-order valence-electron chi connectivity index (χ1n) is 12.6. The molecule has 0 aliphatic carbocycles. The molecule has 8 nitrogen and oxygen atoms in total.